The Morgan fingerprint density at radius 3 is 2.47 bits per heavy atom. The van der Waals surface area contributed by atoms with Gasteiger partial charge in [0.15, 0.2) is 6.10 Å². The molecule has 0 saturated carbocycles. The van der Waals surface area contributed by atoms with Crippen LogP contribution in [0.1, 0.15) is 27.2 Å². The molecule has 0 rings (SSSR count). The van der Waals surface area contributed by atoms with Gasteiger partial charge in [0.25, 0.3) is 0 Å². The molecular formula is C12H20O5. The Labute approximate surface area is 102 Å². The summed E-state index contributed by atoms with van der Waals surface area (Å²) in [6.45, 7) is 9.50. The van der Waals surface area contributed by atoms with Crippen molar-refractivity contribution in [2.24, 2.45) is 0 Å². The molecule has 2 unspecified atom stereocenters. The number of carbonyl (C=O) groups excluding carboxylic acids is 2. The summed E-state index contributed by atoms with van der Waals surface area (Å²) in [5.74, 6) is -1.50. The molecule has 0 amide bonds. The highest BCUT2D eigenvalue weighted by Crippen LogP contribution is 2.00. The molecule has 0 aliphatic carbocycles. The minimum Gasteiger partial charge on any atom is -0.388 e. The van der Waals surface area contributed by atoms with Crippen molar-refractivity contribution in [1.29, 1.82) is 0 Å². The third kappa shape index (κ3) is 7.65. The van der Waals surface area contributed by atoms with Crippen molar-refractivity contribution in [2.75, 3.05) is 13.2 Å². The van der Waals surface area contributed by atoms with Gasteiger partial charge in [-0.3, -0.25) is 0 Å². The zero-order valence-corrected chi connectivity index (χ0v) is 10.6. The molecular weight excluding hydrogens is 224 g/mol. The van der Waals surface area contributed by atoms with Gasteiger partial charge in [0, 0.05) is 12.7 Å². The molecule has 0 aliphatic rings. The predicted molar refractivity (Wildman–Crippen MR) is 62.4 cm³/mol. The van der Waals surface area contributed by atoms with E-state index in [1.165, 1.54) is 6.92 Å². The fourth-order valence-electron chi connectivity index (χ4n) is 0.939. The summed E-state index contributed by atoms with van der Waals surface area (Å²) in [5, 5.41) is 0. The van der Waals surface area contributed by atoms with Crippen LogP contribution < -0.4 is 0 Å². The maximum Gasteiger partial charge on any atom is 0.342 e. The highest BCUT2D eigenvalue weighted by molar-refractivity contribution is 5.93. The highest BCUT2D eigenvalue weighted by atomic mass is 16.6. The molecule has 5 nitrogen and oxygen atoms in total. The molecule has 2 atom stereocenters. The van der Waals surface area contributed by atoms with Crippen LogP contribution in [0.4, 0.5) is 0 Å². The summed E-state index contributed by atoms with van der Waals surface area (Å²) < 4.78 is 15.0. The Bertz CT molecular complexity index is 262. The van der Waals surface area contributed by atoms with Gasteiger partial charge in [0.2, 0.25) is 0 Å². The number of hydrogen-bond donors (Lipinski definition) is 0. The van der Waals surface area contributed by atoms with Gasteiger partial charge in [-0.2, -0.15) is 0 Å². The van der Waals surface area contributed by atoms with E-state index in [1.54, 1.807) is 0 Å². The topological polar surface area (TPSA) is 61.8 Å². The van der Waals surface area contributed by atoms with Crippen LogP contribution >= 0.6 is 0 Å². The summed E-state index contributed by atoms with van der Waals surface area (Å²) in [6, 6.07) is 0. The second-order valence-corrected chi connectivity index (χ2v) is 3.60. The smallest absolute Gasteiger partial charge is 0.342 e. The summed E-state index contributed by atoms with van der Waals surface area (Å²) in [6.07, 6.45) is 0.958. The lowest BCUT2D eigenvalue weighted by atomic mass is 10.4. The van der Waals surface area contributed by atoms with E-state index in [-0.39, 0.29) is 12.7 Å². The molecule has 0 spiro atoms. The summed E-state index contributed by atoms with van der Waals surface area (Å²) >= 11 is 0. The Balaban J connectivity index is 3.84. The minimum atomic E-state index is -0.799. The van der Waals surface area contributed by atoms with Crippen molar-refractivity contribution in [1.82, 2.24) is 0 Å². The van der Waals surface area contributed by atoms with E-state index in [0.717, 1.165) is 12.5 Å². The maximum atomic E-state index is 11.3. The van der Waals surface area contributed by atoms with E-state index in [0.29, 0.717) is 6.61 Å². The zero-order valence-electron chi connectivity index (χ0n) is 10.6. The Kier molecular flexibility index (Phi) is 8.27. The van der Waals surface area contributed by atoms with E-state index in [4.69, 9.17) is 9.47 Å². The Hall–Kier alpha value is -1.20. The van der Waals surface area contributed by atoms with Gasteiger partial charge in [-0.05, 0) is 20.3 Å². The third-order valence-electron chi connectivity index (χ3n) is 1.89. The first kappa shape index (κ1) is 15.8. The molecule has 0 heterocycles. The molecule has 0 aromatic heterocycles. The van der Waals surface area contributed by atoms with Crippen molar-refractivity contribution in [3.63, 3.8) is 0 Å². The lowest BCUT2D eigenvalue weighted by Crippen LogP contribution is -2.29. The second-order valence-electron chi connectivity index (χ2n) is 3.60. The standard InChI is InChI=1S/C12H20O5/c1-5-7-15-9(3)8-16-10(4)12(14)17-11(13)6-2/h6,9-10H,2,5,7-8H2,1,3-4H3. The van der Waals surface area contributed by atoms with Crippen LogP contribution in [0.5, 0.6) is 0 Å². The number of rotatable bonds is 8. The summed E-state index contributed by atoms with van der Waals surface area (Å²) in [5.41, 5.74) is 0. The van der Waals surface area contributed by atoms with Gasteiger partial charge in [-0.1, -0.05) is 13.5 Å². The van der Waals surface area contributed by atoms with Gasteiger partial charge in [-0.15, -0.1) is 0 Å². The maximum absolute atomic E-state index is 11.3. The molecule has 98 valence electrons. The van der Waals surface area contributed by atoms with Gasteiger partial charge < -0.3 is 14.2 Å². The molecule has 5 heteroatoms. The SMILES string of the molecule is C=CC(=O)OC(=O)C(C)OCC(C)OCCC. The van der Waals surface area contributed by atoms with Crippen LogP contribution in [0, 0.1) is 0 Å². The lowest BCUT2D eigenvalue weighted by Gasteiger charge is -2.15. The molecule has 0 saturated heterocycles. The van der Waals surface area contributed by atoms with Crippen LogP contribution in [0.3, 0.4) is 0 Å². The molecule has 0 fully saturated rings. The average Bonchev–Trinajstić information content (AvgIpc) is 2.32. The predicted octanol–water partition coefficient (Wildman–Crippen LogP) is 1.46. The molecule has 0 N–H and O–H groups in total. The Morgan fingerprint density at radius 1 is 1.29 bits per heavy atom. The van der Waals surface area contributed by atoms with E-state index in [9.17, 15) is 9.59 Å². The van der Waals surface area contributed by atoms with Gasteiger partial charge in [0.1, 0.15) is 0 Å². The van der Waals surface area contributed by atoms with Crippen molar-refractivity contribution < 1.29 is 23.8 Å². The van der Waals surface area contributed by atoms with E-state index in [1.807, 2.05) is 13.8 Å². The largest absolute Gasteiger partial charge is 0.388 e. The van der Waals surface area contributed by atoms with Crippen LogP contribution in [-0.2, 0) is 23.8 Å². The fourth-order valence-corrected chi connectivity index (χ4v) is 0.939. The zero-order chi connectivity index (χ0) is 13.3. The lowest BCUT2D eigenvalue weighted by molar-refractivity contribution is -0.166. The molecule has 0 aromatic rings. The van der Waals surface area contributed by atoms with Gasteiger partial charge in [0.05, 0.1) is 12.7 Å². The number of esters is 2. The minimum absolute atomic E-state index is 0.0969. The molecule has 0 aromatic carbocycles. The molecule has 17 heavy (non-hydrogen) atoms. The van der Waals surface area contributed by atoms with Crippen molar-refractivity contribution in [3.05, 3.63) is 12.7 Å². The van der Waals surface area contributed by atoms with Crippen molar-refractivity contribution in [2.45, 2.75) is 39.4 Å². The fraction of sp³-hybridized carbons (Fsp3) is 0.667. The normalized spacial score (nSPS) is 13.8. The third-order valence-corrected chi connectivity index (χ3v) is 1.89. The first-order chi connectivity index (χ1) is 8.01. The van der Waals surface area contributed by atoms with E-state index < -0.39 is 18.0 Å². The molecule has 0 bridgehead atoms. The van der Waals surface area contributed by atoms with Crippen LogP contribution in [0.2, 0.25) is 0 Å². The number of ether oxygens (including phenoxy) is 3. The first-order valence-corrected chi connectivity index (χ1v) is 5.62. The van der Waals surface area contributed by atoms with Crippen molar-refractivity contribution >= 4 is 11.9 Å². The summed E-state index contributed by atoms with van der Waals surface area (Å²) in [4.78, 5) is 22.0. The quantitative estimate of drug-likeness (QED) is 0.367. The molecule has 0 radical (unpaired) electrons. The van der Waals surface area contributed by atoms with Gasteiger partial charge >= 0.3 is 11.9 Å². The highest BCUT2D eigenvalue weighted by Gasteiger charge is 2.18. The first-order valence-electron chi connectivity index (χ1n) is 5.62. The number of hydrogen-bond acceptors (Lipinski definition) is 5. The van der Waals surface area contributed by atoms with Crippen LogP contribution in [0.15, 0.2) is 12.7 Å². The summed E-state index contributed by atoms with van der Waals surface area (Å²) in [7, 11) is 0. The second kappa shape index (κ2) is 8.90. The Morgan fingerprint density at radius 2 is 1.94 bits per heavy atom. The monoisotopic (exact) mass is 244 g/mol. The van der Waals surface area contributed by atoms with Crippen LogP contribution in [0.25, 0.3) is 0 Å². The average molecular weight is 244 g/mol. The molecule has 0 aliphatic heterocycles. The van der Waals surface area contributed by atoms with Crippen LogP contribution in [-0.4, -0.2) is 37.4 Å². The van der Waals surface area contributed by atoms with Crippen molar-refractivity contribution in [3.8, 4) is 0 Å². The van der Waals surface area contributed by atoms with E-state index >= 15 is 0 Å². The number of carbonyl (C=O) groups is 2. The van der Waals surface area contributed by atoms with E-state index in [2.05, 4.69) is 11.3 Å². The van der Waals surface area contributed by atoms with Gasteiger partial charge in [-0.25, -0.2) is 9.59 Å².